The minimum absolute atomic E-state index is 0.0960. The van der Waals surface area contributed by atoms with E-state index in [1.165, 1.54) is 11.8 Å². The highest BCUT2D eigenvalue weighted by Crippen LogP contribution is 2.24. The average Bonchev–Trinajstić information content (AvgIpc) is 3.28. The Balaban J connectivity index is 1.30. The number of rotatable bonds is 10. The van der Waals surface area contributed by atoms with Gasteiger partial charge in [-0.05, 0) is 68.3 Å². The molecule has 4 aromatic rings. The molecule has 3 aromatic carbocycles. The Morgan fingerprint density at radius 1 is 0.838 bits per heavy atom. The minimum Gasteiger partial charge on any atom is -0.457 e. The monoisotopic (exact) mass is 515 g/mol. The van der Waals surface area contributed by atoms with Crippen molar-refractivity contribution in [2.45, 2.75) is 38.9 Å². The van der Waals surface area contributed by atoms with Crippen LogP contribution in [0.5, 0.6) is 11.5 Å². The number of ether oxygens (including phenoxy) is 1. The lowest BCUT2D eigenvalue weighted by molar-refractivity contribution is -0.116. The van der Waals surface area contributed by atoms with Crippen molar-refractivity contribution in [3.8, 4) is 11.5 Å². The Hall–Kier alpha value is -4.11. The molecular weight excluding hydrogens is 486 g/mol. The number of para-hydroxylation sites is 2. The van der Waals surface area contributed by atoms with Crippen LogP contribution in [0.4, 0.5) is 11.4 Å². The first kappa shape index (κ1) is 26.0. The molecule has 0 spiro atoms. The van der Waals surface area contributed by atoms with Crippen LogP contribution in [-0.4, -0.2) is 32.3 Å². The Morgan fingerprint density at radius 2 is 1.51 bits per heavy atom. The topological polar surface area (TPSA) is 98.1 Å². The van der Waals surface area contributed by atoms with Crippen LogP contribution < -0.4 is 15.4 Å². The first-order valence-electron chi connectivity index (χ1n) is 12.0. The molecule has 37 heavy (non-hydrogen) atoms. The summed E-state index contributed by atoms with van der Waals surface area (Å²) in [5.41, 5.74) is 3.50. The summed E-state index contributed by atoms with van der Waals surface area (Å²) < 4.78 is 7.64. The van der Waals surface area contributed by atoms with Crippen molar-refractivity contribution in [3.63, 3.8) is 0 Å². The van der Waals surface area contributed by atoms with Crippen molar-refractivity contribution in [3.05, 3.63) is 89.7 Å². The molecule has 1 aromatic heterocycles. The summed E-state index contributed by atoms with van der Waals surface area (Å²) in [6.45, 7) is 6.47. The molecule has 190 valence electrons. The Labute approximate surface area is 220 Å². The number of carbonyl (C=O) groups is 2. The molecule has 0 aliphatic rings. The van der Waals surface area contributed by atoms with Gasteiger partial charge in [-0.3, -0.25) is 9.59 Å². The number of aryl methyl sites for hydroxylation is 2. The summed E-state index contributed by atoms with van der Waals surface area (Å²) in [7, 11) is 0. The van der Waals surface area contributed by atoms with E-state index in [0.29, 0.717) is 29.0 Å². The lowest BCUT2D eigenvalue weighted by Gasteiger charge is -2.12. The van der Waals surface area contributed by atoms with Crippen molar-refractivity contribution >= 4 is 35.0 Å². The van der Waals surface area contributed by atoms with Crippen LogP contribution in [0.25, 0.3) is 0 Å². The molecule has 2 amide bonds. The zero-order valence-electron chi connectivity index (χ0n) is 21.0. The molecule has 4 rings (SSSR count). The number of hydrogen-bond acceptors (Lipinski definition) is 6. The number of nitrogens with one attached hydrogen (secondary N) is 2. The van der Waals surface area contributed by atoms with Crippen molar-refractivity contribution in [2.75, 3.05) is 16.4 Å². The molecular formula is C28H29N5O3S. The van der Waals surface area contributed by atoms with Crippen molar-refractivity contribution in [2.24, 2.45) is 0 Å². The second-order valence-electron chi connectivity index (χ2n) is 8.41. The van der Waals surface area contributed by atoms with Crippen molar-refractivity contribution < 1.29 is 14.3 Å². The molecule has 0 bridgehead atoms. The van der Waals surface area contributed by atoms with Gasteiger partial charge in [0.1, 0.15) is 17.3 Å². The fourth-order valence-electron chi connectivity index (χ4n) is 3.77. The van der Waals surface area contributed by atoms with E-state index < -0.39 is 0 Å². The number of thioether (sulfide) groups is 1. The van der Waals surface area contributed by atoms with Crippen LogP contribution in [0.1, 0.15) is 23.9 Å². The van der Waals surface area contributed by atoms with Gasteiger partial charge in [0.15, 0.2) is 5.16 Å². The van der Waals surface area contributed by atoms with Crippen LogP contribution in [0.3, 0.4) is 0 Å². The Kier molecular flexibility index (Phi) is 8.58. The molecule has 1 heterocycles. The van der Waals surface area contributed by atoms with Crippen LogP contribution in [0.2, 0.25) is 0 Å². The molecule has 0 aliphatic heterocycles. The normalized spacial score (nSPS) is 10.7. The largest absolute Gasteiger partial charge is 0.457 e. The predicted molar refractivity (Wildman–Crippen MR) is 146 cm³/mol. The molecule has 9 heteroatoms. The second kappa shape index (κ2) is 12.2. The third-order valence-corrected chi connectivity index (χ3v) is 6.59. The average molecular weight is 516 g/mol. The highest BCUT2D eigenvalue weighted by molar-refractivity contribution is 7.99. The zero-order valence-corrected chi connectivity index (χ0v) is 21.8. The molecule has 8 nitrogen and oxygen atoms in total. The fraction of sp³-hybridized carbons (Fsp3) is 0.214. The van der Waals surface area contributed by atoms with Crippen molar-refractivity contribution in [1.82, 2.24) is 14.8 Å². The molecule has 0 saturated carbocycles. The van der Waals surface area contributed by atoms with E-state index in [9.17, 15) is 9.59 Å². The lowest BCUT2D eigenvalue weighted by Crippen LogP contribution is -2.19. The molecule has 0 unspecified atom stereocenters. The number of amides is 2. The van der Waals surface area contributed by atoms with Crippen LogP contribution in [-0.2, 0) is 22.6 Å². The predicted octanol–water partition coefficient (Wildman–Crippen LogP) is 5.62. The summed E-state index contributed by atoms with van der Waals surface area (Å²) in [5.74, 6) is 1.83. The molecule has 2 N–H and O–H groups in total. The maximum Gasteiger partial charge on any atom is 0.234 e. The van der Waals surface area contributed by atoms with Gasteiger partial charge in [-0.2, -0.15) is 0 Å². The fourth-order valence-corrected chi connectivity index (χ4v) is 4.59. The number of benzene rings is 3. The number of nitrogens with zero attached hydrogens (tertiary/aromatic N) is 3. The summed E-state index contributed by atoms with van der Waals surface area (Å²) in [6.07, 6.45) is 0.0960. The quantitative estimate of drug-likeness (QED) is 0.266. The zero-order chi connectivity index (χ0) is 26.2. The third kappa shape index (κ3) is 6.98. The molecule has 0 fully saturated rings. The lowest BCUT2D eigenvalue weighted by atomic mass is 10.1. The molecule has 0 saturated heterocycles. The smallest absolute Gasteiger partial charge is 0.234 e. The maximum absolute atomic E-state index is 12.7. The van der Waals surface area contributed by atoms with Crippen LogP contribution in [0, 0.1) is 13.8 Å². The van der Waals surface area contributed by atoms with E-state index in [1.807, 2.05) is 73.9 Å². The van der Waals surface area contributed by atoms with E-state index in [4.69, 9.17) is 4.74 Å². The van der Waals surface area contributed by atoms with Gasteiger partial charge in [-0.15, -0.1) is 10.2 Å². The number of hydrogen-bond donors (Lipinski definition) is 2. The van der Waals surface area contributed by atoms with Crippen LogP contribution >= 0.6 is 11.8 Å². The summed E-state index contributed by atoms with van der Waals surface area (Å²) in [4.78, 5) is 25.2. The molecule has 0 aliphatic carbocycles. The summed E-state index contributed by atoms with van der Waals surface area (Å²) in [5, 5.41) is 14.9. The van der Waals surface area contributed by atoms with Gasteiger partial charge in [-0.1, -0.05) is 48.2 Å². The first-order valence-corrected chi connectivity index (χ1v) is 12.9. The van der Waals surface area contributed by atoms with Gasteiger partial charge in [0.25, 0.3) is 0 Å². The van der Waals surface area contributed by atoms with Crippen molar-refractivity contribution in [1.29, 1.82) is 0 Å². The van der Waals surface area contributed by atoms with E-state index in [0.717, 1.165) is 22.6 Å². The summed E-state index contributed by atoms with van der Waals surface area (Å²) >= 11 is 1.28. The highest BCUT2D eigenvalue weighted by Gasteiger charge is 2.17. The van der Waals surface area contributed by atoms with E-state index >= 15 is 0 Å². The number of anilines is 2. The number of carbonyl (C=O) groups excluding carboxylic acids is 2. The highest BCUT2D eigenvalue weighted by atomic mass is 32.2. The van der Waals surface area contributed by atoms with E-state index in [1.54, 1.807) is 24.3 Å². The maximum atomic E-state index is 12.7. The van der Waals surface area contributed by atoms with Gasteiger partial charge < -0.3 is 19.9 Å². The van der Waals surface area contributed by atoms with E-state index in [-0.39, 0.29) is 24.0 Å². The Bertz CT molecular complexity index is 1350. The third-order valence-electron chi connectivity index (χ3n) is 5.62. The van der Waals surface area contributed by atoms with Gasteiger partial charge >= 0.3 is 0 Å². The van der Waals surface area contributed by atoms with Gasteiger partial charge in [0, 0.05) is 17.9 Å². The SMILES string of the molecule is CCn1c(CC(=O)Nc2c(C)cccc2C)nnc1SCC(=O)Nc1ccc(Oc2ccccc2)cc1. The van der Waals surface area contributed by atoms with E-state index in [2.05, 4.69) is 20.8 Å². The number of aromatic nitrogens is 3. The minimum atomic E-state index is -0.165. The van der Waals surface area contributed by atoms with Gasteiger partial charge in [0.2, 0.25) is 11.8 Å². The second-order valence-corrected chi connectivity index (χ2v) is 9.35. The van der Waals surface area contributed by atoms with Gasteiger partial charge in [0.05, 0.1) is 12.2 Å². The standard InChI is InChI=1S/C28H29N5O3S/c1-4-33-24(17-25(34)30-27-19(2)9-8-10-20(27)3)31-32-28(33)37-18-26(35)29-21-13-15-23(16-14-21)36-22-11-6-5-7-12-22/h5-16H,4,17-18H2,1-3H3,(H,29,35)(H,30,34). The Morgan fingerprint density at radius 3 is 2.19 bits per heavy atom. The molecule has 0 atom stereocenters. The summed E-state index contributed by atoms with van der Waals surface area (Å²) in [6, 6.07) is 22.6. The van der Waals surface area contributed by atoms with Gasteiger partial charge in [-0.25, -0.2) is 0 Å². The molecule has 0 radical (unpaired) electrons. The van der Waals surface area contributed by atoms with Crippen LogP contribution in [0.15, 0.2) is 78.0 Å². The first-order chi connectivity index (χ1) is 17.9.